The van der Waals surface area contributed by atoms with Crippen LogP contribution in [0.15, 0.2) is 54.1 Å². The first-order chi connectivity index (χ1) is 14.7. The van der Waals surface area contributed by atoms with E-state index in [4.69, 9.17) is 9.47 Å². The lowest BCUT2D eigenvalue weighted by Gasteiger charge is -2.17. The van der Waals surface area contributed by atoms with Crippen LogP contribution >= 0.6 is 0 Å². The van der Waals surface area contributed by atoms with Gasteiger partial charge in [-0.25, -0.2) is 9.37 Å². The molecule has 7 nitrogen and oxygen atoms in total. The van der Waals surface area contributed by atoms with Crippen molar-refractivity contribution in [3.05, 3.63) is 76.6 Å². The zero-order valence-electron chi connectivity index (χ0n) is 17.7. The van der Waals surface area contributed by atoms with Crippen LogP contribution in [0.25, 0.3) is 11.1 Å². The van der Waals surface area contributed by atoms with Crippen molar-refractivity contribution >= 4 is 11.6 Å². The number of carbonyl (C=O) groups excluding carboxylic acids is 1. The minimum atomic E-state index is -0.404. The second kappa shape index (κ2) is 9.91. The van der Waals surface area contributed by atoms with E-state index >= 15 is 0 Å². The molecule has 2 aromatic heterocycles. The van der Waals surface area contributed by atoms with E-state index in [0.29, 0.717) is 39.4 Å². The molecule has 2 heterocycles. The van der Waals surface area contributed by atoms with Gasteiger partial charge in [0.15, 0.2) is 0 Å². The molecule has 168 valence electrons. The highest BCUT2D eigenvalue weighted by molar-refractivity contribution is 5.99. The number of hydrogen-bond donors (Lipinski definition) is 1. The molecule has 3 rings (SSSR count). The number of aryl methyl sites for hydroxylation is 3. The average molecular weight is 439 g/mol. The molecule has 0 bridgehead atoms. The molecule has 0 unspecified atom stereocenters. The van der Waals surface area contributed by atoms with E-state index in [1.54, 1.807) is 33.2 Å². The summed E-state index contributed by atoms with van der Waals surface area (Å²) in [6.45, 7) is 6.91. The van der Waals surface area contributed by atoms with E-state index < -0.39 is 5.91 Å². The summed E-state index contributed by atoms with van der Waals surface area (Å²) in [7, 11) is 3.06. The number of nitrogens with zero attached hydrogens (tertiary/aromatic N) is 2. The van der Waals surface area contributed by atoms with Gasteiger partial charge in [0.05, 0.1) is 24.6 Å². The highest BCUT2D eigenvalue weighted by Crippen LogP contribution is 2.39. The second-order valence-electron chi connectivity index (χ2n) is 6.95. The van der Waals surface area contributed by atoms with Crippen molar-refractivity contribution in [2.24, 2.45) is 7.05 Å². The maximum absolute atomic E-state index is 13.7. The zero-order chi connectivity index (χ0) is 22.7. The van der Waals surface area contributed by atoms with Gasteiger partial charge in [0, 0.05) is 24.9 Å². The normalized spacial score (nSPS) is 10.2. The number of amides is 1. The van der Waals surface area contributed by atoms with Crippen molar-refractivity contribution in [1.82, 2.24) is 9.55 Å². The van der Waals surface area contributed by atoms with Crippen LogP contribution in [0.3, 0.4) is 0 Å². The fourth-order valence-corrected chi connectivity index (χ4v) is 3.13. The Morgan fingerprint density at radius 2 is 1.84 bits per heavy atom. The molecule has 1 aromatic carbocycles. The van der Waals surface area contributed by atoms with Crippen LogP contribution in [0.2, 0.25) is 0 Å². The van der Waals surface area contributed by atoms with Crippen LogP contribution in [0, 0.1) is 19.7 Å². The van der Waals surface area contributed by atoms with Gasteiger partial charge in [-0.3, -0.25) is 9.59 Å². The molecule has 3 aromatic rings. The number of pyridine rings is 2. The molecule has 32 heavy (non-hydrogen) atoms. The van der Waals surface area contributed by atoms with E-state index in [0.717, 1.165) is 6.08 Å². The van der Waals surface area contributed by atoms with Gasteiger partial charge in [0.2, 0.25) is 11.8 Å². The molecule has 0 radical (unpaired) electrons. The standard InChI is InChI=1S/C23H22FN3O4.CH4/c1-6-20(28)26-16-9-17(18-12-27(4)21(29)10-19(18)30-5)23(25-11-16)31-22-13(2)7-15(24)8-14(22)3;/h6-12H,1H2,2-5H3,(H,26,28);1H4. The van der Waals surface area contributed by atoms with Crippen molar-refractivity contribution in [2.75, 3.05) is 12.4 Å². The Morgan fingerprint density at radius 1 is 1.19 bits per heavy atom. The Labute approximate surface area is 186 Å². The Hall–Kier alpha value is -3.94. The van der Waals surface area contributed by atoms with Gasteiger partial charge in [-0.15, -0.1) is 0 Å². The summed E-state index contributed by atoms with van der Waals surface area (Å²) in [5.41, 5.74) is 2.34. The molecule has 0 saturated carbocycles. The van der Waals surface area contributed by atoms with Gasteiger partial charge in [0.25, 0.3) is 5.56 Å². The minimum absolute atomic E-state index is 0. The van der Waals surface area contributed by atoms with Crippen LogP contribution in [-0.2, 0) is 11.8 Å². The first kappa shape index (κ1) is 24.3. The van der Waals surface area contributed by atoms with E-state index in [-0.39, 0.29) is 24.7 Å². The number of halogens is 1. The lowest BCUT2D eigenvalue weighted by Crippen LogP contribution is -2.15. The van der Waals surface area contributed by atoms with Gasteiger partial charge in [-0.2, -0.15) is 0 Å². The van der Waals surface area contributed by atoms with E-state index in [1.807, 2.05) is 0 Å². The third kappa shape index (κ3) is 5.03. The van der Waals surface area contributed by atoms with Crippen molar-refractivity contribution in [2.45, 2.75) is 21.3 Å². The lowest BCUT2D eigenvalue weighted by molar-refractivity contribution is -0.111. The number of benzene rings is 1. The summed E-state index contributed by atoms with van der Waals surface area (Å²) >= 11 is 0. The van der Waals surface area contributed by atoms with Crippen molar-refractivity contribution < 1.29 is 18.7 Å². The van der Waals surface area contributed by atoms with Crippen LogP contribution in [0.1, 0.15) is 18.6 Å². The summed E-state index contributed by atoms with van der Waals surface area (Å²) in [4.78, 5) is 28.2. The number of aromatic nitrogens is 2. The fraction of sp³-hybridized carbons (Fsp3) is 0.208. The predicted octanol–water partition coefficient (Wildman–Crippen LogP) is 4.76. The number of nitrogens with one attached hydrogen (secondary N) is 1. The molecule has 0 fully saturated rings. The number of carbonyl (C=O) groups is 1. The zero-order valence-corrected chi connectivity index (χ0v) is 17.7. The molecule has 0 aliphatic carbocycles. The maximum atomic E-state index is 13.7. The predicted molar refractivity (Wildman–Crippen MR) is 123 cm³/mol. The third-order valence-corrected chi connectivity index (χ3v) is 4.63. The Kier molecular flexibility index (Phi) is 7.54. The Balaban J connectivity index is 0.00000363. The Bertz CT molecular complexity index is 1210. The topological polar surface area (TPSA) is 82.5 Å². The average Bonchev–Trinajstić information content (AvgIpc) is 2.72. The smallest absolute Gasteiger partial charge is 0.254 e. The SMILES string of the molecule is C.C=CC(=O)Nc1cnc(Oc2c(C)cc(F)cc2C)c(-c2cn(C)c(=O)cc2OC)c1. The number of hydrogen-bond acceptors (Lipinski definition) is 5. The number of anilines is 1. The third-order valence-electron chi connectivity index (χ3n) is 4.63. The molecular formula is C24H26FN3O4. The Morgan fingerprint density at radius 3 is 2.44 bits per heavy atom. The van der Waals surface area contributed by atoms with Gasteiger partial charge in [0.1, 0.15) is 17.3 Å². The summed E-state index contributed by atoms with van der Waals surface area (Å²) in [6.07, 6.45) is 4.17. The van der Waals surface area contributed by atoms with Crippen molar-refractivity contribution in [3.8, 4) is 28.5 Å². The maximum Gasteiger partial charge on any atom is 0.254 e. The van der Waals surface area contributed by atoms with Crippen molar-refractivity contribution in [3.63, 3.8) is 0 Å². The van der Waals surface area contributed by atoms with Gasteiger partial charge in [-0.05, 0) is 49.2 Å². The van der Waals surface area contributed by atoms with Gasteiger partial charge in [-0.1, -0.05) is 14.0 Å². The molecule has 8 heteroatoms. The fourth-order valence-electron chi connectivity index (χ4n) is 3.13. The van der Waals surface area contributed by atoms with E-state index in [9.17, 15) is 14.0 Å². The molecule has 1 N–H and O–H groups in total. The van der Waals surface area contributed by atoms with Crippen molar-refractivity contribution in [1.29, 1.82) is 0 Å². The molecule has 1 amide bonds. The first-order valence-electron chi connectivity index (χ1n) is 9.36. The van der Waals surface area contributed by atoms with Crippen LogP contribution < -0.4 is 20.3 Å². The summed E-state index contributed by atoms with van der Waals surface area (Å²) in [5, 5.41) is 2.65. The molecule has 0 atom stereocenters. The number of ether oxygens (including phenoxy) is 2. The molecule has 0 aliphatic rings. The number of methoxy groups -OCH3 is 1. The van der Waals surface area contributed by atoms with Crippen LogP contribution in [-0.4, -0.2) is 22.6 Å². The van der Waals surface area contributed by atoms with Crippen LogP contribution in [0.5, 0.6) is 17.4 Å². The monoisotopic (exact) mass is 439 g/mol. The first-order valence-corrected chi connectivity index (χ1v) is 9.36. The number of rotatable bonds is 6. The van der Waals surface area contributed by atoms with Gasteiger partial charge < -0.3 is 19.4 Å². The summed E-state index contributed by atoms with van der Waals surface area (Å²) in [5.74, 6) is 0.208. The molecular weight excluding hydrogens is 413 g/mol. The molecule has 0 spiro atoms. The molecule has 0 saturated heterocycles. The largest absolute Gasteiger partial charge is 0.496 e. The second-order valence-corrected chi connectivity index (χ2v) is 6.95. The van der Waals surface area contributed by atoms with Crippen LogP contribution in [0.4, 0.5) is 10.1 Å². The minimum Gasteiger partial charge on any atom is -0.496 e. The quantitative estimate of drug-likeness (QED) is 0.560. The lowest BCUT2D eigenvalue weighted by atomic mass is 10.1. The molecule has 0 aliphatic heterocycles. The van der Waals surface area contributed by atoms with E-state index in [1.165, 1.54) is 36.1 Å². The van der Waals surface area contributed by atoms with Gasteiger partial charge >= 0.3 is 0 Å². The van der Waals surface area contributed by atoms with E-state index in [2.05, 4.69) is 16.9 Å². The summed E-state index contributed by atoms with van der Waals surface area (Å²) in [6, 6.07) is 5.74. The highest BCUT2D eigenvalue weighted by Gasteiger charge is 2.18. The highest BCUT2D eigenvalue weighted by atomic mass is 19.1. The summed E-state index contributed by atoms with van der Waals surface area (Å²) < 4.78 is 26.6.